The molecule has 14 heavy (non-hydrogen) atoms. The first kappa shape index (κ1) is 14.6. The minimum absolute atomic E-state index is 0. The second-order valence-corrected chi connectivity index (χ2v) is 3.56. The SMILES string of the molecule is N#COc1c(Cl)cc(Cl)c(Cl)c1Cl.[Hg]. The topological polar surface area (TPSA) is 33.0 Å². The summed E-state index contributed by atoms with van der Waals surface area (Å²) in [5, 5.41) is 8.75. The van der Waals surface area contributed by atoms with Crippen LogP contribution in [0.2, 0.25) is 20.1 Å². The van der Waals surface area contributed by atoms with E-state index in [-0.39, 0.29) is 53.5 Å². The molecule has 0 atom stereocenters. The maximum absolute atomic E-state index is 8.26. The predicted octanol–water partition coefficient (Wildman–Crippen LogP) is 4.16. The van der Waals surface area contributed by atoms with Crippen molar-refractivity contribution in [3.8, 4) is 12.0 Å². The first-order valence-electron chi connectivity index (χ1n) is 2.97. The summed E-state index contributed by atoms with van der Waals surface area (Å²) in [6.45, 7) is 0. The molecule has 0 N–H and O–H groups in total. The number of nitriles is 1. The fourth-order valence-corrected chi connectivity index (χ4v) is 1.67. The Morgan fingerprint density at radius 3 is 2.14 bits per heavy atom. The molecule has 1 aromatic rings. The Kier molecular flexibility index (Phi) is 6.51. The summed E-state index contributed by atoms with van der Waals surface area (Å²) in [5.41, 5.74) is 0. The maximum Gasteiger partial charge on any atom is 0.292 e. The van der Waals surface area contributed by atoms with Crippen molar-refractivity contribution in [1.29, 1.82) is 5.26 Å². The summed E-state index contributed by atoms with van der Waals surface area (Å²) in [6, 6.07) is 1.35. The third kappa shape index (κ3) is 3.05. The van der Waals surface area contributed by atoms with Crippen LogP contribution >= 0.6 is 46.4 Å². The van der Waals surface area contributed by atoms with E-state index in [1.54, 1.807) is 0 Å². The molecule has 0 unspecified atom stereocenters. The van der Waals surface area contributed by atoms with Gasteiger partial charge >= 0.3 is 0 Å². The molecule has 0 aliphatic carbocycles. The van der Waals surface area contributed by atoms with Gasteiger partial charge < -0.3 is 4.74 Å². The average Bonchev–Trinajstić information content (AvgIpc) is 2.09. The quantitative estimate of drug-likeness (QED) is 0.275. The molecule has 0 bridgehead atoms. The van der Waals surface area contributed by atoms with Gasteiger partial charge in [-0.1, -0.05) is 46.4 Å². The molecule has 0 amide bonds. The minimum Gasteiger partial charge on any atom is -0.385 e. The van der Waals surface area contributed by atoms with Gasteiger partial charge in [-0.05, 0) is 6.07 Å². The van der Waals surface area contributed by atoms with Crippen LogP contribution < -0.4 is 4.74 Å². The molecule has 0 aliphatic heterocycles. The monoisotopic (exact) mass is 457 g/mol. The summed E-state index contributed by atoms with van der Waals surface area (Å²) >= 11 is 22.7. The van der Waals surface area contributed by atoms with Gasteiger partial charge in [-0.2, -0.15) is 0 Å². The van der Waals surface area contributed by atoms with Gasteiger partial charge in [0, 0.05) is 27.7 Å². The number of hydrogen-bond donors (Lipinski definition) is 0. The number of benzene rings is 1. The number of rotatable bonds is 1. The van der Waals surface area contributed by atoms with Crippen molar-refractivity contribution in [3.63, 3.8) is 0 Å². The maximum atomic E-state index is 8.26. The molecule has 7 heteroatoms. The van der Waals surface area contributed by atoms with Gasteiger partial charge in [0.15, 0.2) is 5.75 Å². The second-order valence-electron chi connectivity index (χ2n) is 1.99. The fourth-order valence-electron chi connectivity index (χ4n) is 0.689. The Morgan fingerprint density at radius 2 is 1.64 bits per heavy atom. The van der Waals surface area contributed by atoms with Crippen molar-refractivity contribution in [2.75, 3.05) is 0 Å². The van der Waals surface area contributed by atoms with Crippen molar-refractivity contribution in [2.45, 2.75) is 0 Å². The summed E-state index contributed by atoms with van der Waals surface area (Å²) < 4.78 is 4.50. The molecule has 0 saturated heterocycles. The van der Waals surface area contributed by atoms with Crippen LogP contribution in [0.3, 0.4) is 0 Å². The molecule has 0 radical (unpaired) electrons. The fraction of sp³-hybridized carbons (Fsp3) is 0. The molecule has 1 rings (SSSR count). The normalized spacial score (nSPS) is 8.79. The zero-order valence-electron chi connectivity index (χ0n) is 6.65. The third-order valence-corrected chi connectivity index (χ3v) is 2.75. The van der Waals surface area contributed by atoms with E-state index >= 15 is 0 Å². The molecule has 0 fully saturated rings. The number of halogens is 4. The number of hydrogen-bond acceptors (Lipinski definition) is 2. The van der Waals surface area contributed by atoms with Crippen LogP contribution in [-0.4, -0.2) is 0 Å². The Bertz CT molecular complexity index is 390. The zero-order chi connectivity index (χ0) is 10.0. The van der Waals surface area contributed by atoms with Crippen molar-refractivity contribution >= 4 is 46.4 Å². The van der Waals surface area contributed by atoms with Crippen molar-refractivity contribution in [2.24, 2.45) is 0 Å². The molecule has 1 aromatic carbocycles. The van der Waals surface area contributed by atoms with Crippen LogP contribution in [0.5, 0.6) is 5.75 Å². The molecular formula is C7HCl4HgNO. The first-order valence-corrected chi connectivity index (χ1v) is 4.48. The molecule has 0 spiro atoms. The van der Waals surface area contributed by atoms with E-state index < -0.39 is 0 Å². The van der Waals surface area contributed by atoms with Gasteiger partial charge in [0.25, 0.3) is 6.26 Å². The van der Waals surface area contributed by atoms with Gasteiger partial charge in [-0.15, -0.1) is 5.26 Å². The summed E-state index contributed by atoms with van der Waals surface area (Å²) in [4.78, 5) is 0. The van der Waals surface area contributed by atoms with E-state index in [9.17, 15) is 0 Å². The predicted molar refractivity (Wildman–Crippen MR) is 52.7 cm³/mol. The Balaban J connectivity index is 0.00000169. The zero-order valence-corrected chi connectivity index (χ0v) is 15.2. The smallest absolute Gasteiger partial charge is 0.292 e. The van der Waals surface area contributed by atoms with Crippen LogP contribution in [0.4, 0.5) is 0 Å². The summed E-state index contributed by atoms with van der Waals surface area (Å²) in [5.74, 6) is 0.0141. The van der Waals surface area contributed by atoms with Crippen LogP contribution in [0, 0.1) is 11.5 Å². The van der Waals surface area contributed by atoms with E-state index in [0.29, 0.717) is 0 Å². The molecule has 0 heterocycles. The molecule has 0 aromatic heterocycles. The van der Waals surface area contributed by atoms with Crippen molar-refractivity contribution in [3.05, 3.63) is 26.2 Å². The largest absolute Gasteiger partial charge is 0.385 e. The Hall–Kier alpha value is 0.605. The molecular weight excluding hydrogens is 456 g/mol. The van der Waals surface area contributed by atoms with Gasteiger partial charge in [0.2, 0.25) is 0 Å². The van der Waals surface area contributed by atoms with Crippen LogP contribution in [0.25, 0.3) is 0 Å². The minimum atomic E-state index is 0. The van der Waals surface area contributed by atoms with E-state index in [1.165, 1.54) is 12.3 Å². The van der Waals surface area contributed by atoms with Crippen LogP contribution in [0.1, 0.15) is 0 Å². The van der Waals surface area contributed by atoms with Crippen molar-refractivity contribution < 1.29 is 32.4 Å². The average molecular weight is 457 g/mol. The Morgan fingerprint density at radius 1 is 1.07 bits per heavy atom. The van der Waals surface area contributed by atoms with E-state index in [1.807, 2.05) is 0 Å². The first-order chi connectivity index (χ1) is 6.07. The van der Waals surface area contributed by atoms with Crippen LogP contribution in [-0.2, 0) is 27.7 Å². The number of ether oxygens (including phenoxy) is 1. The molecule has 70 valence electrons. The van der Waals surface area contributed by atoms with Gasteiger partial charge in [-0.25, -0.2) is 0 Å². The third-order valence-electron chi connectivity index (χ3n) is 1.22. The molecule has 0 aliphatic rings. The standard InChI is InChI=1S/C7HCl4NO.Hg/c8-3-1-4(9)7(13-2-12)6(11)5(3)10;/h1H;. The summed E-state index contributed by atoms with van der Waals surface area (Å²) in [6.07, 6.45) is 1.44. The summed E-state index contributed by atoms with van der Waals surface area (Å²) in [7, 11) is 0. The van der Waals surface area contributed by atoms with E-state index in [2.05, 4.69) is 4.74 Å². The van der Waals surface area contributed by atoms with E-state index in [0.717, 1.165) is 0 Å². The van der Waals surface area contributed by atoms with Crippen LogP contribution in [0.15, 0.2) is 6.07 Å². The Labute approximate surface area is 121 Å². The van der Waals surface area contributed by atoms with Crippen molar-refractivity contribution in [1.82, 2.24) is 0 Å². The van der Waals surface area contributed by atoms with E-state index in [4.69, 9.17) is 51.7 Å². The molecule has 0 saturated carbocycles. The van der Waals surface area contributed by atoms with Gasteiger partial charge in [0.1, 0.15) is 5.02 Å². The number of nitrogens with zero attached hydrogens (tertiary/aromatic N) is 1. The molecule has 2 nitrogen and oxygen atoms in total. The second kappa shape index (κ2) is 6.24. The van der Waals surface area contributed by atoms with Gasteiger partial charge in [0.05, 0.1) is 15.1 Å². The van der Waals surface area contributed by atoms with Gasteiger partial charge in [-0.3, -0.25) is 0 Å².